The molecule has 1 fully saturated rings. The van der Waals surface area contributed by atoms with Crippen LogP contribution in [-0.2, 0) is 21.2 Å². The molecule has 1 aromatic heterocycles. The van der Waals surface area contributed by atoms with Gasteiger partial charge in [-0.25, -0.2) is 22.5 Å². The lowest BCUT2D eigenvalue weighted by Gasteiger charge is -2.15. The van der Waals surface area contributed by atoms with Crippen LogP contribution in [0.4, 0.5) is 10.1 Å². The van der Waals surface area contributed by atoms with Gasteiger partial charge in [0.15, 0.2) is 5.82 Å². The minimum atomic E-state index is -3.44. The van der Waals surface area contributed by atoms with Crippen molar-refractivity contribution in [1.29, 1.82) is 0 Å². The standard InChI is InChI=1S/C21H22FN5O3S/c22-19-13-17(6-9-20(19)27-15-23-14-24-27)25-21(28)10-5-16-3-7-18(8-4-16)31(29,30)26-11-1-2-12-26/h3-4,6-9,13-15H,1-2,5,10-12H2,(H,25,28). The van der Waals surface area contributed by atoms with Gasteiger partial charge in [0.1, 0.15) is 18.3 Å². The Bertz CT molecular complexity index is 1160. The van der Waals surface area contributed by atoms with Gasteiger partial charge in [0, 0.05) is 25.2 Å². The third-order valence-electron chi connectivity index (χ3n) is 5.16. The predicted octanol–water partition coefficient (Wildman–Crippen LogP) is 2.76. The van der Waals surface area contributed by atoms with Crippen LogP contribution in [-0.4, -0.2) is 46.5 Å². The molecule has 8 nitrogen and oxygen atoms in total. The quantitative estimate of drug-likeness (QED) is 0.606. The van der Waals surface area contributed by atoms with Crippen LogP contribution in [0.25, 0.3) is 5.69 Å². The summed E-state index contributed by atoms with van der Waals surface area (Å²) in [6, 6.07) is 11.0. The molecule has 0 bridgehead atoms. The van der Waals surface area contributed by atoms with Crippen molar-refractivity contribution in [3.8, 4) is 5.69 Å². The Kier molecular flexibility index (Phi) is 6.10. The van der Waals surface area contributed by atoms with E-state index in [1.165, 1.54) is 33.8 Å². The van der Waals surface area contributed by atoms with Crippen molar-refractivity contribution in [3.05, 3.63) is 66.5 Å². The highest BCUT2D eigenvalue weighted by Gasteiger charge is 2.26. The molecule has 4 rings (SSSR count). The smallest absolute Gasteiger partial charge is 0.243 e. The molecule has 1 N–H and O–H groups in total. The molecular formula is C21H22FN5O3S. The number of benzene rings is 2. The summed E-state index contributed by atoms with van der Waals surface area (Å²) < 4.78 is 42.2. The Hall–Kier alpha value is -3.11. The highest BCUT2D eigenvalue weighted by atomic mass is 32.2. The number of aromatic nitrogens is 3. The minimum Gasteiger partial charge on any atom is -0.326 e. The summed E-state index contributed by atoms with van der Waals surface area (Å²) >= 11 is 0. The van der Waals surface area contributed by atoms with E-state index in [0.29, 0.717) is 25.2 Å². The number of carbonyl (C=O) groups excluding carboxylic acids is 1. The first kappa shape index (κ1) is 21.1. The van der Waals surface area contributed by atoms with E-state index >= 15 is 0 Å². The number of hydrogen-bond acceptors (Lipinski definition) is 5. The Morgan fingerprint density at radius 1 is 1.10 bits per heavy atom. The van der Waals surface area contributed by atoms with Gasteiger partial charge in [-0.2, -0.15) is 9.40 Å². The Morgan fingerprint density at radius 3 is 2.48 bits per heavy atom. The molecule has 2 aromatic carbocycles. The van der Waals surface area contributed by atoms with Gasteiger partial charge in [-0.3, -0.25) is 4.79 Å². The van der Waals surface area contributed by atoms with Crippen molar-refractivity contribution < 1.29 is 17.6 Å². The molecule has 3 aromatic rings. The summed E-state index contributed by atoms with van der Waals surface area (Å²) in [5.41, 5.74) is 1.43. The third kappa shape index (κ3) is 4.80. The van der Waals surface area contributed by atoms with E-state index in [4.69, 9.17) is 0 Å². The number of anilines is 1. The number of rotatable bonds is 7. The second-order valence-electron chi connectivity index (χ2n) is 7.31. The number of nitrogens with one attached hydrogen (secondary N) is 1. The van der Waals surface area contributed by atoms with Crippen molar-refractivity contribution in [2.24, 2.45) is 0 Å². The van der Waals surface area contributed by atoms with Gasteiger partial charge in [-0.15, -0.1) is 0 Å². The van der Waals surface area contributed by atoms with E-state index in [1.54, 1.807) is 30.3 Å². The van der Waals surface area contributed by atoms with Crippen LogP contribution < -0.4 is 5.32 Å². The van der Waals surface area contributed by atoms with Crippen molar-refractivity contribution in [1.82, 2.24) is 19.1 Å². The first-order valence-corrected chi connectivity index (χ1v) is 11.4. The molecule has 0 spiro atoms. The van der Waals surface area contributed by atoms with Gasteiger partial charge in [0.05, 0.1) is 4.90 Å². The van der Waals surface area contributed by atoms with Gasteiger partial charge in [0.25, 0.3) is 0 Å². The van der Waals surface area contributed by atoms with Crippen LogP contribution in [0.3, 0.4) is 0 Å². The van der Waals surface area contributed by atoms with Crippen LogP contribution in [0.2, 0.25) is 0 Å². The fraction of sp³-hybridized carbons (Fsp3) is 0.286. The summed E-state index contributed by atoms with van der Waals surface area (Å²) in [5.74, 6) is -0.792. The lowest BCUT2D eigenvalue weighted by atomic mass is 10.1. The summed E-state index contributed by atoms with van der Waals surface area (Å²) in [6.07, 6.45) is 5.10. The zero-order valence-electron chi connectivity index (χ0n) is 16.7. The second-order valence-corrected chi connectivity index (χ2v) is 9.25. The average Bonchev–Trinajstić information content (AvgIpc) is 3.47. The van der Waals surface area contributed by atoms with Gasteiger partial charge in [-0.05, 0) is 55.2 Å². The maximum Gasteiger partial charge on any atom is 0.243 e. The summed E-state index contributed by atoms with van der Waals surface area (Å²) in [4.78, 5) is 16.3. The molecule has 10 heteroatoms. The molecule has 2 heterocycles. The predicted molar refractivity (Wildman–Crippen MR) is 113 cm³/mol. The van der Waals surface area contributed by atoms with E-state index in [0.717, 1.165) is 18.4 Å². The van der Waals surface area contributed by atoms with Crippen LogP contribution in [0.1, 0.15) is 24.8 Å². The Labute approximate surface area is 179 Å². The zero-order valence-corrected chi connectivity index (χ0v) is 17.6. The fourth-order valence-electron chi connectivity index (χ4n) is 3.49. The van der Waals surface area contributed by atoms with Crippen LogP contribution in [0.15, 0.2) is 60.0 Å². The van der Waals surface area contributed by atoms with E-state index in [-0.39, 0.29) is 22.9 Å². The average molecular weight is 444 g/mol. The number of sulfonamides is 1. The van der Waals surface area contributed by atoms with Crippen molar-refractivity contribution in [2.45, 2.75) is 30.6 Å². The lowest BCUT2D eigenvalue weighted by molar-refractivity contribution is -0.116. The lowest BCUT2D eigenvalue weighted by Crippen LogP contribution is -2.27. The van der Waals surface area contributed by atoms with E-state index in [1.807, 2.05) is 0 Å². The highest BCUT2D eigenvalue weighted by Crippen LogP contribution is 2.22. The zero-order chi connectivity index (χ0) is 21.8. The molecule has 1 amide bonds. The Balaban J connectivity index is 1.33. The van der Waals surface area contributed by atoms with Gasteiger partial charge in [0.2, 0.25) is 15.9 Å². The number of amides is 1. The fourth-order valence-corrected chi connectivity index (χ4v) is 5.01. The first-order chi connectivity index (χ1) is 14.9. The van der Waals surface area contributed by atoms with Gasteiger partial charge >= 0.3 is 0 Å². The van der Waals surface area contributed by atoms with E-state index in [2.05, 4.69) is 15.4 Å². The number of halogens is 1. The molecule has 1 aliphatic rings. The molecule has 0 saturated carbocycles. The number of carbonyl (C=O) groups is 1. The number of hydrogen-bond donors (Lipinski definition) is 1. The number of nitrogens with zero attached hydrogens (tertiary/aromatic N) is 4. The highest BCUT2D eigenvalue weighted by molar-refractivity contribution is 7.89. The largest absolute Gasteiger partial charge is 0.326 e. The molecule has 1 saturated heterocycles. The second kappa shape index (κ2) is 8.94. The Morgan fingerprint density at radius 2 is 1.84 bits per heavy atom. The number of aryl methyl sites for hydroxylation is 1. The normalized spacial score (nSPS) is 14.6. The molecule has 1 aliphatic heterocycles. The van der Waals surface area contributed by atoms with Gasteiger partial charge < -0.3 is 5.32 Å². The molecule has 31 heavy (non-hydrogen) atoms. The maximum absolute atomic E-state index is 14.3. The van der Waals surface area contributed by atoms with Crippen molar-refractivity contribution in [3.63, 3.8) is 0 Å². The van der Waals surface area contributed by atoms with Crippen molar-refractivity contribution >= 4 is 21.6 Å². The summed E-state index contributed by atoms with van der Waals surface area (Å²) in [7, 11) is -3.44. The summed E-state index contributed by atoms with van der Waals surface area (Å²) in [5, 5.41) is 6.55. The monoisotopic (exact) mass is 443 g/mol. The molecule has 0 unspecified atom stereocenters. The van der Waals surface area contributed by atoms with E-state index in [9.17, 15) is 17.6 Å². The van der Waals surface area contributed by atoms with Crippen molar-refractivity contribution in [2.75, 3.05) is 18.4 Å². The topological polar surface area (TPSA) is 97.2 Å². The SMILES string of the molecule is O=C(CCc1ccc(S(=O)(=O)N2CCCC2)cc1)Nc1ccc(-n2cncn2)c(F)c1. The molecular weight excluding hydrogens is 421 g/mol. The van der Waals surface area contributed by atoms with Crippen LogP contribution in [0.5, 0.6) is 0 Å². The maximum atomic E-state index is 14.3. The molecule has 0 atom stereocenters. The molecule has 162 valence electrons. The molecule has 0 radical (unpaired) electrons. The minimum absolute atomic E-state index is 0.185. The third-order valence-corrected chi connectivity index (χ3v) is 7.08. The molecule has 0 aliphatic carbocycles. The first-order valence-electron chi connectivity index (χ1n) is 9.97. The summed E-state index contributed by atoms with van der Waals surface area (Å²) in [6.45, 7) is 1.12. The van der Waals surface area contributed by atoms with E-state index < -0.39 is 15.8 Å². The van der Waals surface area contributed by atoms with Crippen LogP contribution in [0, 0.1) is 5.82 Å². The van der Waals surface area contributed by atoms with Gasteiger partial charge in [-0.1, -0.05) is 12.1 Å². The van der Waals surface area contributed by atoms with Crippen LogP contribution >= 0.6 is 0 Å².